The number of hydrogen-bond acceptors (Lipinski definition) is 8. The fourth-order valence-corrected chi connectivity index (χ4v) is 8.73. The van der Waals surface area contributed by atoms with Crippen LogP contribution in [0.15, 0.2) is 46.7 Å². The minimum absolute atomic E-state index is 0. The summed E-state index contributed by atoms with van der Waals surface area (Å²) in [7, 11) is -3.84. The van der Waals surface area contributed by atoms with E-state index in [-0.39, 0.29) is 33.4 Å². The van der Waals surface area contributed by atoms with Crippen LogP contribution in [0.2, 0.25) is 10.3 Å². The largest absolute Gasteiger partial charge is 0.317 e. The number of pyridine rings is 1. The molecule has 218 valence electrons. The average molecular weight is 622 g/mol. The molecule has 0 unspecified atom stereocenters. The summed E-state index contributed by atoms with van der Waals surface area (Å²) >= 11 is 11.9. The van der Waals surface area contributed by atoms with Gasteiger partial charge in [0.2, 0.25) is 0 Å². The van der Waals surface area contributed by atoms with Gasteiger partial charge in [-0.1, -0.05) is 30.6 Å². The molecule has 1 aliphatic heterocycles. The first-order valence-corrected chi connectivity index (χ1v) is 15.7. The lowest BCUT2D eigenvalue weighted by Crippen LogP contribution is -2.45. The van der Waals surface area contributed by atoms with Crippen LogP contribution in [0.5, 0.6) is 0 Å². The SMILES string of the molecule is C.Cn1cc(S(=O)(=O)C(C)(C)C2CCNCC2)c(Cl)n1.Cn1cc(S(=O)(=O)C(C)(C)c2ccncc2)c(Cl)n1. The van der Waals surface area contributed by atoms with Crippen molar-refractivity contribution in [3.8, 4) is 0 Å². The van der Waals surface area contributed by atoms with Crippen molar-refractivity contribution in [1.29, 1.82) is 0 Å². The Hall–Kier alpha value is -1.99. The zero-order chi connectivity index (χ0) is 28.5. The van der Waals surface area contributed by atoms with Gasteiger partial charge < -0.3 is 5.32 Å². The van der Waals surface area contributed by atoms with Crippen molar-refractivity contribution in [3.63, 3.8) is 0 Å². The van der Waals surface area contributed by atoms with Crippen LogP contribution in [0.25, 0.3) is 0 Å². The molecule has 1 aliphatic rings. The first-order valence-electron chi connectivity index (χ1n) is 12.0. The van der Waals surface area contributed by atoms with Gasteiger partial charge >= 0.3 is 0 Å². The summed E-state index contributed by atoms with van der Waals surface area (Å²) in [5, 5.41) is 11.1. The first-order chi connectivity index (χ1) is 17.5. The summed E-state index contributed by atoms with van der Waals surface area (Å²) in [6.45, 7) is 8.60. The van der Waals surface area contributed by atoms with E-state index in [9.17, 15) is 16.8 Å². The maximum Gasteiger partial charge on any atom is 0.192 e. The van der Waals surface area contributed by atoms with Crippen LogP contribution in [0.4, 0.5) is 0 Å². The van der Waals surface area contributed by atoms with E-state index in [1.54, 1.807) is 66.3 Å². The predicted molar refractivity (Wildman–Crippen MR) is 154 cm³/mol. The summed E-state index contributed by atoms with van der Waals surface area (Å²) in [5.74, 6) is 0.134. The van der Waals surface area contributed by atoms with Gasteiger partial charge in [-0.15, -0.1) is 0 Å². The van der Waals surface area contributed by atoms with Crippen LogP contribution in [0, 0.1) is 5.92 Å². The molecule has 0 aliphatic carbocycles. The van der Waals surface area contributed by atoms with Gasteiger partial charge in [0.25, 0.3) is 0 Å². The smallest absolute Gasteiger partial charge is 0.192 e. The third-order valence-corrected chi connectivity index (χ3v) is 13.0. The van der Waals surface area contributed by atoms with Gasteiger partial charge in [0.15, 0.2) is 30.0 Å². The highest BCUT2D eigenvalue weighted by Crippen LogP contribution is 2.39. The number of halogens is 2. The molecule has 1 saturated heterocycles. The Morgan fingerprint density at radius 2 is 1.28 bits per heavy atom. The maximum absolute atomic E-state index is 12.8. The molecule has 0 radical (unpaired) electrons. The van der Waals surface area contributed by atoms with Crippen LogP contribution < -0.4 is 5.32 Å². The van der Waals surface area contributed by atoms with Crippen molar-refractivity contribution in [1.82, 2.24) is 29.9 Å². The number of nitrogens with one attached hydrogen (secondary N) is 1. The van der Waals surface area contributed by atoms with Crippen LogP contribution in [-0.4, -0.2) is 59.2 Å². The molecule has 3 aromatic rings. The van der Waals surface area contributed by atoms with Crippen LogP contribution >= 0.6 is 23.2 Å². The molecular weight excluding hydrogens is 583 g/mol. The highest BCUT2D eigenvalue weighted by molar-refractivity contribution is 7.93. The summed E-state index contributed by atoms with van der Waals surface area (Å²) in [4.78, 5) is 4.08. The van der Waals surface area contributed by atoms with Crippen molar-refractivity contribution < 1.29 is 16.8 Å². The first kappa shape index (κ1) is 33.2. The number of aromatic nitrogens is 5. The second-order valence-electron chi connectivity index (χ2n) is 10.3. The van der Waals surface area contributed by atoms with Gasteiger partial charge in [-0.25, -0.2) is 16.8 Å². The van der Waals surface area contributed by atoms with Gasteiger partial charge in [-0.3, -0.25) is 14.3 Å². The van der Waals surface area contributed by atoms with Crippen molar-refractivity contribution in [2.24, 2.45) is 20.0 Å². The van der Waals surface area contributed by atoms with Gasteiger partial charge in [0.05, 0.1) is 9.49 Å². The Balaban J connectivity index is 0.000000267. The summed E-state index contributed by atoms with van der Waals surface area (Å²) in [5.41, 5.74) is 0.655. The molecule has 0 spiro atoms. The number of nitrogens with zero attached hydrogens (tertiary/aromatic N) is 5. The minimum Gasteiger partial charge on any atom is -0.317 e. The van der Waals surface area contributed by atoms with E-state index in [0.29, 0.717) is 5.56 Å². The summed E-state index contributed by atoms with van der Waals surface area (Å²) in [6.07, 6.45) is 7.77. The lowest BCUT2D eigenvalue weighted by Gasteiger charge is -2.36. The molecule has 0 atom stereocenters. The van der Waals surface area contributed by atoms with Gasteiger partial charge in [-0.05, 0) is 77.2 Å². The Morgan fingerprint density at radius 3 is 1.69 bits per heavy atom. The Kier molecular flexibility index (Phi) is 10.4. The molecule has 4 heterocycles. The molecule has 39 heavy (non-hydrogen) atoms. The monoisotopic (exact) mass is 620 g/mol. The van der Waals surface area contributed by atoms with Gasteiger partial charge in [0.1, 0.15) is 9.79 Å². The van der Waals surface area contributed by atoms with E-state index in [2.05, 4.69) is 20.5 Å². The number of piperidine rings is 1. The molecule has 0 aromatic carbocycles. The third-order valence-electron chi connectivity index (χ3n) is 7.15. The quantitative estimate of drug-likeness (QED) is 0.428. The lowest BCUT2D eigenvalue weighted by atomic mass is 9.86. The van der Waals surface area contributed by atoms with E-state index in [1.165, 1.54) is 21.8 Å². The van der Waals surface area contributed by atoms with E-state index in [4.69, 9.17) is 23.2 Å². The molecule has 0 amide bonds. The Labute approximate surface area is 242 Å². The van der Waals surface area contributed by atoms with Crippen LogP contribution in [0.3, 0.4) is 0 Å². The summed E-state index contributed by atoms with van der Waals surface area (Å²) in [6, 6.07) is 3.36. The molecule has 10 nitrogen and oxygen atoms in total. The normalized spacial score (nSPS) is 15.3. The Morgan fingerprint density at radius 1 is 0.846 bits per heavy atom. The topological polar surface area (TPSA) is 129 Å². The van der Waals surface area contributed by atoms with Crippen molar-refractivity contribution in [3.05, 3.63) is 52.8 Å². The zero-order valence-corrected chi connectivity index (χ0v) is 25.5. The third kappa shape index (κ3) is 6.51. The van der Waals surface area contributed by atoms with Crippen LogP contribution in [-0.2, 0) is 38.5 Å². The minimum atomic E-state index is -3.64. The molecule has 1 fully saturated rings. The molecule has 0 saturated carbocycles. The predicted octanol–water partition coefficient (Wildman–Crippen LogP) is 4.44. The van der Waals surface area contributed by atoms with Crippen molar-refractivity contribution in [2.45, 2.75) is 67.2 Å². The van der Waals surface area contributed by atoms with E-state index < -0.39 is 29.2 Å². The molecule has 3 aromatic heterocycles. The average Bonchev–Trinajstić information content (AvgIpc) is 3.40. The highest BCUT2D eigenvalue weighted by atomic mass is 35.5. The molecular formula is C25H38Cl2N6O4S2. The molecule has 14 heteroatoms. The number of hydrogen-bond donors (Lipinski definition) is 1. The lowest BCUT2D eigenvalue weighted by molar-refractivity contribution is 0.305. The standard InChI is InChI=1S/C12H20ClN3O2S.C12H14ClN3O2S.CH4/c2*1-12(2,9-4-6-14-7-5-9)19(17,18)10-8-16(3)15-11(10)13;/h8-9,14H,4-7H2,1-3H3;4-8H,1-3H3;1H4. The number of aryl methyl sites for hydroxylation is 2. The highest BCUT2D eigenvalue weighted by Gasteiger charge is 2.44. The van der Waals surface area contributed by atoms with Crippen LogP contribution in [0.1, 0.15) is 53.5 Å². The summed E-state index contributed by atoms with van der Waals surface area (Å²) < 4.78 is 52.0. The second-order valence-corrected chi connectivity index (χ2v) is 16.0. The van der Waals surface area contributed by atoms with E-state index >= 15 is 0 Å². The van der Waals surface area contributed by atoms with Crippen molar-refractivity contribution in [2.75, 3.05) is 13.1 Å². The van der Waals surface area contributed by atoms with Gasteiger partial charge in [-0.2, -0.15) is 10.2 Å². The molecule has 0 bridgehead atoms. The number of rotatable bonds is 6. The molecule has 4 rings (SSSR count). The van der Waals surface area contributed by atoms with Crippen molar-refractivity contribution >= 4 is 42.9 Å². The number of sulfone groups is 2. The van der Waals surface area contributed by atoms with Gasteiger partial charge in [0, 0.05) is 38.9 Å². The van der Waals surface area contributed by atoms with E-state index in [1.807, 2.05) is 0 Å². The maximum atomic E-state index is 12.8. The van der Waals surface area contributed by atoms with E-state index in [0.717, 1.165) is 25.9 Å². The fraction of sp³-hybridized carbons (Fsp3) is 0.560. The Bertz CT molecular complexity index is 1480. The molecule has 1 N–H and O–H groups in total. The fourth-order valence-electron chi connectivity index (χ4n) is 4.44. The second kappa shape index (κ2) is 12.3. The zero-order valence-electron chi connectivity index (χ0n) is 22.3.